The van der Waals surface area contributed by atoms with Crippen LogP contribution in [0.4, 0.5) is 5.82 Å². The molecule has 3 aromatic rings. The number of benzene rings is 1. The molecule has 0 radical (unpaired) electrons. The van der Waals surface area contributed by atoms with E-state index in [0.29, 0.717) is 6.61 Å². The highest BCUT2D eigenvalue weighted by molar-refractivity contribution is 7.18. The average molecular weight is 299 g/mol. The number of methoxy groups -OCH3 is 1. The molecule has 21 heavy (non-hydrogen) atoms. The summed E-state index contributed by atoms with van der Waals surface area (Å²) in [5, 5.41) is 4.49. The highest BCUT2D eigenvalue weighted by Gasteiger charge is 2.06. The zero-order valence-electron chi connectivity index (χ0n) is 12.1. The zero-order chi connectivity index (χ0) is 14.7. The van der Waals surface area contributed by atoms with Crippen molar-refractivity contribution >= 4 is 27.4 Å². The molecular weight excluding hydrogens is 282 g/mol. The van der Waals surface area contributed by atoms with Crippen molar-refractivity contribution in [2.75, 3.05) is 12.4 Å². The lowest BCUT2D eigenvalue weighted by atomic mass is 10.1. The van der Waals surface area contributed by atoms with Crippen LogP contribution in [-0.4, -0.2) is 17.1 Å². The molecule has 0 bridgehead atoms. The number of anilines is 1. The molecule has 1 N–H and O–H groups in total. The summed E-state index contributed by atoms with van der Waals surface area (Å²) in [6.07, 6.45) is 1.61. The summed E-state index contributed by atoms with van der Waals surface area (Å²) in [6.45, 7) is 3.46. The van der Waals surface area contributed by atoms with Gasteiger partial charge in [-0.25, -0.2) is 9.97 Å². The van der Waals surface area contributed by atoms with Gasteiger partial charge in [0.25, 0.3) is 0 Å². The van der Waals surface area contributed by atoms with Crippen molar-refractivity contribution < 1.29 is 4.74 Å². The first-order valence-electron chi connectivity index (χ1n) is 6.78. The fourth-order valence-corrected chi connectivity index (χ4v) is 3.15. The smallest absolute Gasteiger partial charge is 0.138 e. The number of aryl methyl sites for hydroxylation is 1. The lowest BCUT2D eigenvalue weighted by Gasteiger charge is -2.08. The second-order valence-electron chi connectivity index (χ2n) is 4.90. The molecule has 5 heteroatoms. The minimum absolute atomic E-state index is 0.634. The Morgan fingerprint density at radius 2 is 2.05 bits per heavy atom. The fraction of sp³-hybridized carbons (Fsp3) is 0.250. The van der Waals surface area contributed by atoms with Gasteiger partial charge < -0.3 is 10.1 Å². The third kappa shape index (κ3) is 3.20. The van der Waals surface area contributed by atoms with Gasteiger partial charge >= 0.3 is 0 Å². The van der Waals surface area contributed by atoms with Gasteiger partial charge in [-0.15, -0.1) is 11.3 Å². The Hall–Kier alpha value is -1.98. The molecule has 2 aromatic heterocycles. The van der Waals surface area contributed by atoms with E-state index in [1.807, 2.05) is 0 Å². The third-order valence-electron chi connectivity index (χ3n) is 3.21. The van der Waals surface area contributed by atoms with E-state index >= 15 is 0 Å². The molecule has 0 aliphatic rings. The molecule has 3 rings (SSSR count). The van der Waals surface area contributed by atoms with Crippen molar-refractivity contribution in [2.24, 2.45) is 0 Å². The second-order valence-corrected chi connectivity index (χ2v) is 6.14. The first kappa shape index (κ1) is 14.0. The standard InChI is InChI=1S/C16H17N3OS/c1-11-6-14-15(18-10-19-16(14)21-11)17-8-12-4-3-5-13(7-12)9-20-2/h3-7,10H,8-9H2,1-2H3,(H,17,18,19). The molecule has 0 amide bonds. The largest absolute Gasteiger partial charge is 0.380 e. The molecule has 0 atom stereocenters. The highest BCUT2D eigenvalue weighted by Crippen LogP contribution is 2.27. The summed E-state index contributed by atoms with van der Waals surface area (Å²) in [7, 11) is 1.71. The Morgan fingerprint density at radius 1 is 1.19 bits per heavy atom. The molecule has 2 heterocycles. The third-order valence-corrected chi connectivity index (χ3v) is 4.17. The number of hydrogen-bond acceptors (Lipinski definition) is 5. The van der Waals surface area contributed by atoms with Gasteiger partial charge in [-0.3, -0.25) is 0 Å². The van der Waals surface area contributed by atoms with E-state index < -0.39 is 0 Å². The number of rotatable bonds is 5. The summed E-state index contributed by atoms with van der Waals surface area (Å²) < 4.78 is 5.17. The first-order valence-corrected chi connectivity index (χ1v) is 7.59. The Bertz CT molecular complexity index is 754. The summed E-state index contributed by atoms with van der Waals surface area (Å²) >= 11 is 1.69. The number of hydrogen-bond donors (Lipinski definition) is 1. The normalized spacial score (nSPS) is 11.0. The fourth-order valence-electron chi connectivity index (χ4n) is 2.30. The Kier molecular flexibility index (Phi) is 4.13. The van der Waals surface area contributed by atoms with E-state index in [0.717, 1.165) is 22.6 Å². The summed E-state index contributed by atoms with van der Waals surface area (Å²) in [5.74, 6) is 0.890. The van der Waals surface area contributed by atoms with Gasteiger partial charge in [-0.2, -0.15) is 0 Å². The molecule has 1 aromatic carbocycles. The Labute approximate surface area is 127 Å². The van der Waals surface area contributed by atoms with E-state index in [4.69, 9.17) is 4.74 Å². The van der Waals surface area contributed by atoms with Crippen molar-refractivity contribution in [1.82, 2.24) is 9.97 Å². The SMILES string of the molecule is COCc1cccc(CNc2ncnc3sc(C)cc23)c1. The molecule has 0 unspecified atom stereocenters. The molecule has 0 saturated carbocycles. The van der Waals surface area contributed by atoms with E-state index in [2.05, 4.69) is 52.5 Å². The molecular formula is C16H17N3OS. The molecule has 0 fully saturated rings. The minimum Gasteiger partial charge on any atom is -0.380 e. The maximum atomic E-state index is 5.17. The molecule has 0 spiro atoms. The van der Waals surface area contributed by atoms with Crippen molar-refractivity contribution in [1.29, 1.82) is 0 Å². The van der Waals surface area contributed by atoms with Gasteiger partial charge in [-0.05, 0) is 24.1 Å². The van der Waals surface area contributed by atoms with Crippen LogP contribution in [0.2, 0.25) is 0 Å². The summed E-state index contributed by atoms with van der Waals surface area (Å²) in [5.41, 5.74) is 2.39. The lowest BCUT2D eigenvalue weighted by Crippen LogP contribution is -2.02. The Balaban J connectivity index is 1.78. The van der Waals surface area contributed by atoms with E-state index in [9.17, 15) is 0 Å². The van der Waals surface area contributed by atoms with Crippen LogP contribution in [0.15, 0.2) is 36.7 Å². The molecule has 108 valence electrons. The van der Waals surface area contributed by atoms with Crippen LogP contribution in [-0.2, 0) is 17.9 Å². The van der Waals surface area contributed by atoms with Gasteiger partial charge in [0.15, 0.2) is 0 Å². The van der Waals surface area contributed by atoms with Crippen LogP contribution < -0.4 is 5.32 Å². The summed E-state index contributed by atoms with van der Waals surface area (Å²) in [4.78, 5) is 10.9. The zero-order valence-corrected chi connectivity index (χ0v) is 12.9. The number of aromatic nitrogens is 2. The van der Waals surface area contributed by atoms with Gasteiger partial charge in [0.2, 0.25) is 0 Å². The van der Waals surface area contributed by atoms with Crippen LogP contribution in [0.5, 0.6) is 0 Å². The second kappa shape index (κ2) is 6.20. The minimum atomic E-state index is 0.634. The number of ether oxygens (including phenoxy) is 1. The maximum absolute atomic E-state index is 5.17. The van der Waals surface area contributed by atoms with Crippen LogP contribution in [0.3, 0.4) is 0 Å². The monoisotopic (exact) mass is 299 g/mol. The molecule has 4 nitrogen and oxygen atoms in total. The number of nitrogens with zero attached hydrogens (tertiary/aromatic N) is 2. The molecule has 0 aliphatic carbocycles. The van der Waals surface area contributed by atoms with Gasteiger partial charge in [0.1, 0.15) is 17.0 Å². The van der Waals surface area contributed by atoms with E-state index in [1.165, 1.54) is 16.0 Å². The van der Waals surface area contributed by atoms with Crippen LogP contribution in [0.25, 0.3) is 10.2 Å². The summed E-state index contributed by atoms with van der Waals surface area (Å²) in [6, 6.07) is 10.5. The predicted octanol–water partition coefficient (Wildman–Crippen LogP) is 3.76. The molecule has 0 saturated heterocycles. The number of thiophene rings is 1. The van der Waals surface area contributed by atoms with Crippen LogP contribution in [0, 0.1) is 6.92 Å². The Morgan fingerprint density at radius 3 is 2.90 bits per heavy atom. The topological polar surface area (TPSA) is 47.0 Å². The highest BCUT2D eigenvalue weighted by atomic mass is 32.1. The van der Waals surface area contributed by atoms with E-state index in [-0.39, 0.29) is 0 Å². The first-order chi connectivity index (χ1) is 10.3. The van der Waals surface area contributed by atoms with Gasteiger partial charge in [0.05, 0.1) is 12.0 Å². The van der Waals surface area contributed by atoms with Gasteiger partial charge in [-0.1, -0.05) is 24.3 Å². The van der Waals surface area contributed by atoms with E-state index in [1.54, 1.807) is 24.8 Å². The maximum Gasteiger partial charge on any atom is 0.138 e. The predicted molar refractivity (Wildman–Crippen MR) is 86.6 cm³/mol. The van der Waals surface area contributed by atoms with Gasteiger partial charge in [0, 0.05) is 18.5 Å². The van der Waals surface area contributed by atoms with Crippen molar-refractivity contribution in [2.45, 2.75) is 20.1 Å². The van der Waals surface area contributed by atoms with Crippen LogP contribution >= 0.6 is 11.3 Å². The quantitative estimate of drug-likeness (QED) is 0.779. The number of nitrogens with one attached hydrogen (secondary N) is 1. The van der Waals surface area contributed by atoms with Crippen LogP contribution in [0.1, 0.15) is 16.0 Å². The lowest BCUT2D eigenvalue weighted by molar-refractivity contribution is 0.185. The van der Waals surface area contributed by atoms with Crippen molar-refractivity contribution in [3.8, 4) is 0 Å². The number of fused-ring (bicyclic) bond motifs is 1. The van der Waals surface area contributed by atoms with Crippen molar-refractivity contribution in [3.63, 3.8) is 0 Å². The molecule has 0 aliphatic heterocycles. The van der Waals surface area contributed by atoms with Crippen molar-refractivity contribution in [3.05, 3.63) is 52.7 Å². The average Bonchev–Trinajstić information content (AvgIpc) is 2.86.